The molecule has 2 aromatic carbocycles. The molecule has 20 heavy (non-hydrogen) atoms. The Hall–Kier alpha value is -1.78. The summed E-state index contributed by atoms with van der Waals surface area (Å²) in [4.78, 5) is 12.2. The number of rotatable bonds is 4. The number of carbonyl (C=O) groups excluding carboxylic acids is 1. The number of ketones is 1. The molecular formula is C15H18ClNO3. The van der Waals surface area contributed by atoms with Crippen LogP contribution in [0.2, 0.25) is 0 Å². The van der Waals surface area contributed by atoms with E-state index in [2.05, 4.69) is 5.32 Å². The van der Waals surface area contributed by atoms with Gasteiger partial charge in [-0.15, -0.1) is 12.4 Å². The van der Waals surface area contributed by atoms with Gasteiger partial charge in [0.15, 0.2) is 17.3 Å². The molecule has 0 fully saturated rings. The summed E-state index contributed by atoms with van der Waals surface area (Å²) < 4.78 is 0. The molecule has 0 aliphatic rings. The fourth-order valence-electron chi connectivity index (χ4n) is 2.20. The van der Waals surface area contributed by atoms with E-state index in [0.29, 0.717) is 16.5 Å². The number of phenolic OH excluding ortho intramolecular Hbond substituents is 2. The summed E-state index contributed by atoms with van der Waals surface area (Å²) in [6.07, 6.45) is 0. The van der Waals surface area contributed by atoms with E-state index in [-0.39, 0.29) is 36.2 Å². The molecule has 0 radical (unpaired) electrons. The van der Waals surface area contributed by atoms with E-state index in [9.17, 15) is 15.0 Å². The summed E-state index contributed by atoms with van der Waals surface area (Å²) in [6.45, 7) is 4.62. The molecule has 2 rings (SSSR count). The normalized spacial score (nSPS) is 10.3. The van der Waals surface area contributed by atoms with Crippen LogP contribution < -0.4 is 5.32 Å². The Kier molecular flexibility index (Phi) is 5.36. The summed E-state index contributed by atoms with van der Waals surface area (Å²) in [5.74, 6) is -0.363. The zero-order valence-electron chi connectivity index (χ0n) is 11.4. The molecule has 0 aliphatic carbocycles. The van der Waals surface area contributed by atoms with E-state index >= 15 is 0 Å². The lowest BCUT2D eigenvalue weighted by atomic mass is 9.96. The van der Waals surface area contributed by atoms with E-state index in [1.165, 1.54) is 6.07 Å². The minimum absolute atomic E-state index is 0. The number of hydrogen-bond acceptors (Lipinski definition) is 4. The summed E-state index contributed by atoms with van der Waals surface area (Å²) in [5.41, 5.74) is 1.08. The minimum Gasteiger partial charge on any atom is -0.504 e. The molecule has 108 valence electrons. The van der Waals surface area contributed by atoms with Crippen LogP contribution in [0.4, 0.5) is 0 Å². The van der Waals surface area contributed by atoms with Gasteiger partial charge in [0.2, 0.25) is 0 Å². The summed E-state index contributed by atoms with van der Waals surface area (Å²) in [7, 11) is 0. The Morgan fingerprint density at radius 1 is 1.30 bits per heavy atom. The van der Waals surface area contributed by atoms with Crippen LogP contribution in [0.15, 0.2) is 24.3 Å². The van der Waals surface area contributed by atoms with Gasteiger partial charge in [0.25, 0.3) is 0 Å². The highest BCUT2D eigenvalue weighted by Gasteiger charge is 2.15. The highest BCUT2D eigenvalue weighted by atomic mass is 35.5. The second kappa shape index (κ2) is 6.59. The van der Waals surface area contributed by atoms with Crippen LogP contribution in [-0.4, -0.2) is 29.1 Å². The number of phenols is 2. The number of carbonyl (C=O) groups is 1. The number of likely N-dealkylation sites (N-methyl/N-ethyl adjacent to an activating group) is 1. The van der Waals surface area contributed by atoms with E-state index < -0.39 is 0 Å². The first-order valence-corrected chi connectivity index (χ1v) is 6.24. The van der Waals surface area contributed by atoms with E-state index in [1.807, 2.05) is 13.0 Å². The van der Waals surface area contributed by atoms with Crippen LogP contribution in [0.3, 0.4) is 0 Å². The number of hydrogen-bond donors (Lipinski definition) is 3. The second-order valence-corrected chi connectivity index (χ2v) is 4.48. The van der Waals surface area contributed by atoms with E-state index in [0.717, 1.165) is 11.9 Å². The molecule has 0 aliphatic heterocycles. The molecule has 0 unspecified atom stereocenters. The number of nitrogens with one attached hydrogen (secondary N) is 1. The van der Waals surface area contributed by atoms with Crippen LogP contribution in [0, 0.1) is 6.92 Å². The third kappa shape index (κ3) is 2.86. The van der Waals surface area contributed by atoms with Gasteiger partial charge in [0, 0.05) is 11.1 Å². The van der Waals surface area contributed by atoms with Crippen LogP contribution in [0.5, 0.6) is 11.5 Å². The molecule has 0 spiro atoms. The molecule has 5 heteroatoms. The van der Waals surface area contributed by atoms with Gasteiger partial charge in [-0.25, -0.2) is 0 Å². The summed E-state index contributed by atoms with van der Waals surface area (Å²) in [5, 5.41) is 23.9. The van der Waals surface area contributed by atoms with Crippen LogP contribution in [-0.2, 0) is 0 Å². The zero-order chi connectivity index (χ0) is 14.0. The maximum atomic E-state index is 12.2. The van der Waals surface area contributed by atoms with Crippen molar-refractivity contribution in [2.75, 3.05) is 13.1 Å². The molecule has 0 bridgehead atoms. The molecular weight excluding hydrogens is 278 g/mol. The fourth-order valence-corrected chi connectivity index (χ4v) is 2.20. The van der Waals surface area contributed by atoms with E-state index in [4.69, 9.17) is 0 Å². The highest BCUT2D eigenvalue weighted by Crippen LogP contribution is 2.36. The Balaban J connectivity index is 0.00000200. The largest absolute Gasteiger partial charge is 0.504 e. The average Bonchev–Trinajstić information content (AvgIpc) is 2.41. The quantitative estimate of drug-likeness (QED) is 0.599. The van der Waals surface area contributed by atoms with Crippen LogP contribution in [0.25, 0.3) is 10.8 Å². The Morgan fingerprint density at radius 3 is 2.65 bits per heavy atom. The average molecular weight is 296 g/mol. The molecule has 2 aromatic rings. The monoisotopic (exact) mass is 295 g/mol. The van der Waals surface area contributed by atoms with Crippen molar-refractivity contribution in [1.82, 2.24) is 5.32 Å². The predicted molar refractivity (Wildman–Crippen MR) is 82.1 cm³/mol. The molecule has 0 saturated heterocycles. The van der Waals surface area contributed by atoms with Crippen molar-refractivity contribution in [3.8, 4) is 11.5 Å². The maximum Gasteiger partial charge on any atom is 0.177 e. The van der Waals surface area contributed by atoms with Crippen molar-refractivity contribution in [2.45, 2.75) is 13.8 Å². The standard InChI is InChI=1S/C15H17NO3.ClH/c1-3-16-8-13(18)11-6-4-5-10-7-12(17)15(19)9(2)14(10)11;/h4-7,16-17,19H,3,8H2,1-2H3;1H. The summed E-state index contributed by atoms with van der Waals surface area (Å²) >= 11 is 0. The van der Waals surface area contributed by atoms with E-state index in [1.54, 1.807) is 19.1 Å². The topological polar surface area (TPSA) is 69.6 Å². The van der Waals surface area contributed by atoms with Gasteiger partial charge in [-0.1, -0.05) is 25.1 Å². The van der Waals surface area contributed by atoms with Gasteiger partial charge in [-0.05, 0) is 30.3 Å². The lowest BCUT2D eigenvalue weighted by molar-refractivity contribution is 0.0993. The summed E-state index contributed by atoms with van der Waals surface area (Å²) in [6, 6.07) is 6.80. The predicted octanol–water partition coefficient (Wildman–Crippen LogP) is 2.77. The van der Waals surface area contributed by atoms with Gasteiger partial charge >= 0.3 is 0 Å². The van der Waals surface area contributed by atoms with Crippen molar-refractivity contribution < 1.29 is 15.0 Å². The van der Waals surface area contributed by atoms with Crippen molar-refractivity contribution in [3.63, 3.8) is 0 Å². The Bertz CT molecular complexity index is 641. The van der Waals surface area contributed by atoms with Gasteiger partial charge < -0.3 is 15.5 Å². The van der Waals surface area contributed by atoms with Gasteiger partial charge in [0.1, 0.15) is 0 Å². The third-order valence-corrected chi connectivity index (χ3v) is 3.20. The van der Waals surface area contributed by atoms with Crippen molar-refractivity contribution >= 4 is 29.0 Å². The number of halogens is 1. The molecule has 0 amide bonds. The third-order valence-electron chi connectivity index (χ3n) is 3.20. The van der Waals surface area contributed by atoms with Crippen molar-refractivity contribution in [2.24, 2.45) is 0 Å². The van der Waals surface area contributed by atoms with Gasteiger partial charge in [-0.3, -0.25) is 4.79 Å². The zero-order valence-corrected chi connectivity index (χ0v) is 12.3. The smallest absolute Gasteiger partial charge is 0.177 e. The Labute approximate surface area is 123 Å². The first kappa shape index (κ1) is 16.3. The number of Topliss-reactive ketones (excluding diaryl/α,β-unsaturated/α-hetero) is 1. The molecule has 4 nitrogen and oxygen atoms in total. The van der Waals surface area contributed by atoms with Crippen LogP contribution in [0.1, 0.15) is 22.8 Å². The number of fused-ring (bicyclic) bond motifs is 1. The first-order valence-electron chi connectivity index (χ1n) is 6.24. The lowest BCUT2D eigenvalue weighted by Crippen LogP contribution is -2.22. The maximum absolute atomic E-state index is 12.2. The second-order valence-electron chi connectivity index (χ2n) is 4.48. The Morgan fingerprint density at radius 2 is 2.00 bits per heavy atom. The minimum atomic E-state index is -0.170. The number of aromatic hydroxyl groups is 2. The van der Waals surface area contributed by atoms with Crippen molar-refractivity contribution in [3.05, 3.63) is 35.4 Å². The van der Waals surface area contributed by atoms with Crippen LogP contribution >= 0.6 is 12.4 Å². The molecule has 0 atom stereocenters. The number of benzene rings is 2. The molecule has 0 aromatic heterocycles. The SMILES string of the molecule is CCNCC(=O)c1cccc2cc(O)c(O)c(C)c12.Cl. The van der Waals surface area contributed by atoms with Gasteiger partial charge in [0.05, 0.1) is 6.54 Å². The molecule has 0 saturated carbocycles. The number of aryl methyl sites for hydroxylation is 1. The molecule has 0 heterocycles. The highest BCUT2D eigenvalue weighted by molar-refractivity contribution is 6.10. The first-order chi connectivity index (χ1) is 9.06. The lowest BCUT2D eigenvalue weighted by Gasteiger charge is -2.11. The van der Waals surface area contributed by atoms with Crippen molar-refractivity contribution in [1.29, 1.82) is 0 Å². The molecule has 3 N–H and O–H groups in total. The van der Waals surface area contributed by atoms with Gasteiger partial charge in [-0.2, -0.15) is 0 Å². The fraction of sp³-hybridized carbons (Fsp3) is 0.267.